The fourth-order valence-electron chi connectivity index (χ4n) is 2.98. The Morgan fingerprint density at radius 3 is 2.57 bits per heavy atom. The Morgan fingerprint density at radius 1 is 1.10 bits per heavy atom. The number of nitrogens with zero attached hydrogens (tertiary/aromatic N) is 3. The van der Waals surface area contributed by atoms with Crippen molar-refractivity contribution in [3.05, 3.63) is 53.7 Å². The quantitative estimate of drug-likeness (QED) is 0.372. The molecule has 8 nitrogen and oxygen atoms in total. The van der Waals surface area contributed by atoms with Crippen molar-refractivity contribution >= 4 is 60.7 Å². The van der Waals surface area contributed by atoms with Crippen molar-refractivity contribution in [2.75, 3.05) is 16.4 Å². The summed E-state index contributed by atoms with van der Waals surface area (Å²) in [4.78, 5) is 37.7. The van der Waals surface area contributed by atoms with Gasteiger partial charge in [0.1, 0.15) is 9.71 Å². The summed E-state index contributed by atoms with van der Waals surface area (Å²) in [5, 5.41) is 3.53. The largest absolute Gasteiger partial charge is 0.397 e. The van der Waals surface area contributed by atoms with Gasteiger partial charge in [-0.2, -0.15) is 0 Å². The number of thiophene rings is 1. The van der Waals surface area contributed by atoms with Crippen molar-refractivity contribution in [2.24, 2.45) is 5.73 Å². The van der Waals surface area contributed by atoms with Crippen LogP contribution in [0.1, 0.15) is 9.67 Å². The average Bonchev–Trinajstić information content (AvgIpc) is 3.10. The van der Waals surface area contributed by atoms with Crippen molar-refractivity contribution in [3.63, 3.8) is 0 Å². The minimum Gasteiger partial charge on any atom is -0.397 e. The van der Waals surface area contributed by atoms with E-state index in [9.17, 15) is 9.59 Å². The topological polar surface area (TPSA) is 137 Å². The molecule has 3 heterocycles. The van der Waals surface area contributed by atoms with E-state index in [0.717, 1.165) is 16.9 Å². The van der Waals surface area contributed by atoms with Crippen LogP contribution >= 0.6 is 27.3 Å². The van der Waals surface area contributed by atoms with Crippen molar-refractivity contribution in [2.45, 2.75) is 0 Å². The standard InChI is InChI=1S/C20H15BrN6O2S/c21-9-13(28)25-12-3-1-2-11(8-12)16-14-15(22)17(18(23)29)30-20(14)27-19(26-16)10-4-6-24-7-5-10/h1-8H,9,22H2,(H2,23,29)(H,25,28). The number of halogens is 1. The number of nitrogens with two attached hydrogens (primary N) is 2. The number of nitrogen functional groups attached to an aromatic ring is 1. The molecular weight excluding hydrogens is 468 g/mol. The molecule has 4 rings (SSSR count). The van der Waals surface area contributed by atoms with Crippen molar-refractivity contribution in [3.8, 4) is 22.6 Å². The Morgan fingerprint density at radius 2 is 1.87 bits per heavy atom. The minimum atomic E-state index is -0.620. The molecule has 0 saturated carbocycles. The number of hydrogen-bond donors (Lipinski definition) is 3. The summed E-state index contributed by atoms with van der Waals surface area (Å²) in [6.45, 7) is 0. The number of hydrogen-bond acceptors (Lipinski definition) is 7. The van der Waals surface area contributed by atoms with E-state index in [1.165, 1.54) is 0 Å². The summed E-state index contributed by atoms with van der Waals surface area (Å²) < 4.78 is 0. The predicted molar refractivity (Wildman–Crippen MR) is 121 cm³/mol. The van der Waals surface area contributed by atoms with Crippen LogP contribution < -0.4 is 16.8 Å². The highest BCUT2D eigenvalue weighted by Crippen LogP contribution is 2.39. The SMILES string of the molecule is NC(=O)c1sc2nc(-c3ccncc3)nc(-c3cccc(NC(=O)CBr)c3)c2c1N. The Bertz CT molecular complexity index is 1280. The first-order valence-corrected chi connectivity index (χ1v) is 10.7. The number of carbonyl (C=O) groups is 2. The number of benzene rings is 1. The first-order chi connectivity index (χ1) is 14.5. The number of pyridine rings is 1. The number of carbonyl (C=O) groups excluding carboxylic acids is 2. The average molecular weight is 483 g/mol. The lowest BCUT2D eigenvalue weighted by Gasteiger charge is -2.10. The second kappa shape index (κ2) is 8.17. The maximum Gasteiger partial charge on any atom is 0.260 e. The molecule has 0 aliphatic heterocycles. The van der Waals surface area contributed by atoms with Crippen LogP contribution in [0.2, 0.25) is 0 Å². The molecule has 0 spiro atoms. The summed E-state index contributed by atoms with van der Waals surface area (Å²) in [5.74, 6) is -0.333. The number of aromatic nitrogens is 3. The van der Waals surface area contributed by atoms with Gasteiger partial charge in [-0.3, -0.25) is 14.6 Å². The number of amides is 2. The van der Waals surface area contributed by atoms with Crippen LogP contribution in [0.3, 0.4) is 0 Å². The molecule has 1 aromatic carbocycles. The molecule has 5 N–H and O–H groups in total. The maximum atomic E-state index is 11.8. The Hall–Kier alpha value is -3.37. The summed E-state index contributed by atoms with van der Waals surface area (Å²) in [7, 11) is 0. The first kappa shape index (κ1) is 19.9. The highest BCUT2D eigenvalue weighted by molar-refractivity contribution is 9.09. The van der Waals surface area contributed by atoms with Crippen LogP contribution in [0.4, 0.5) is 11.4 Å². The van der Waals surface area contributed by atoms with Gasteiger partial charge in [0.05, 0.1) is 22.1 Å². The molecule has 3 aromatic heterocycles. The van der Waals surface area contributed by atoms with Gasteiger partial charge >= 0.3 is 0 Å². The lowest BCUT2D eigenvalue weighted by Crippen LogP contribution is -2.12. The molecule has 0 radical (unpaired) electrons. The molecular formula is C20H15BrN6O2S. The van der Waals surface area contributed by atoms with Gasteiger partial charge in [-0.05, 0) is 24.3 Å². The van der Waals surface area contributed by atoms with Crippen molar-refractivity contribution < 1.29 is 9.59 Å². The normalized spacial score (nSPS) is 10.8. The van der Waals surface area contributed by atoms with E-state index in [0.29, 0.717) is 33.0 Å². The van der Waals surface area contributed by atoms with Crippen molar-refractivity contribution in [1.29, 1.82) is 0 Å². The summed E-state index contributed by atoms with van der Waals surface area (Å²) in [6.07, 6.45) is 3.30. The number of fused-ring (bicyclic) bond motifs is 1. The van der Waals surface area contributed by atoms with Gasteiger partial charge in [0.2, 0.25) is 5.91 Å². The van der Waals surface area contributed by atoms with Crippen LogP contribution in [0.25, 0.3) is 32.9 Å². The van der Waals surface area contributed by atoms with Gasteiger partial charge in [-0.1, -0.05) is 28.1 Å². The van der Waals surface area contributed by atoms with Crippen LogP contribution in [-0.4, -0.2) is 32.1 Å². The van der Waals surface area contributed by atoms with Gasteiger partial charge in [-0.25, -0.2) is 9.97 Å². The minimum absolute atomic E-state index is 0.177. The zero-order chi connectivity index (χ0) is 21.3. The lowest BCUT2D eigenvalue weighted by atomic mass is 10.1. The Labute approximate surface area is 183 Å². The van der Waals surface area contributed by atoms with E-state index in [1.54, 1.807) is 42.7 Å². The van der Waals surface area contributed by atoms with E-state index in [-0.39, 0.29) is 21.8 Å². The van der Waals surface area contributed by atoms with E-state index in [1.807, 2.05) is 6.07 Å². The zero-order valence-corrected chi connectivity index (χ0v) is 17.8. The first-order valence-electron chi connectivity index (χ1n) is 8.74. The Kier molecular flexibility index (Phi) is 5.42. The molecule has 2 amide bonds. The van der Waals surface area contributed by atoms with E-state index < -0.39 is 5.91 Å². The summed E-state index contributed by atoms with van der Waals surface area (Å²) >= 11 is 4.26. The van der Waals surface area contributed by atoms with Crippen LogP contribution in [0.15, 0.2) is 48.8 Å². The zero-order valence-electron chi connectivity index (χ0n) is 15.4. The van der Waals surface area contributed by atoms with Gasteiger partial charge in [-0.15, -0.1) is 11.3 Å². The number of nitrogens with one attached hydrogen (secondary N) is 1. The fraction of sp³-hybridized carbons (Fsp3) is 0.0500. The van der Waals surface area contributed by atoms with Gasteiger partial charge < -0.3 is 16.8 Å². The smallest absolute Gasteiger partial charge is 0.260 e. The molecule has 10 heteroatoms. The molecule has 4 aromatic rings. The predicted octanol–water partition coefficient (Wildman–Crippen LogP) is 3.43. The molecule has 30 heavy (non-hydrogen) atoms. The van der Waals surface area contributed by atoms with Crippen LogP contribution in [-0.2, 0) is 4.79 Å². The molecule has 0 aliphatic carbocycles. The Balaban J connectivity index is 1.96. The van der Waals surface area contributed by atoms with E-state index in [2.05, 4.69) is 31.2 Å². The second-order valence-corrected chi connectivity index (χ2v) is 7.84. The molecule has 150 valence electrons. The molecule has 0 fully saturated rings. The number of alkyl halides is 1. The van der Waals surface area contributed by atoms with Gasteiger partial charge in [0.15, 0.2) is 5.82 Å². The highest BCUT2D eigenvalue weighted by Gasteiger charge is 2.21. The fourth-order valence-corrected chi connectivity index (χ4v) is 4.07. The monoisotopic (exact) mass is 482 g/mol. The van der Waals surface area contributed by atoms with E-state index >= 15 is 0 Å². The van der Waals surface area contributed by atoms with Crippen LogP contribution in [0.5, 0.6) is 0 Å². The third kappa shape index (κ3) is 3.74. The van der Waals surface area contributed by atoms with Crippen LogP contribution in [0, 0.1) is 0 Å². The molecule has 0 unspecified atom stereocenters. The number of anilines is 2. The lowest BCUT2D eigenvalue weighted by molar-refractivity contribution is -0.113. The molecule has 0 saturated heterocycles. The molecule has 0 atom stereocenters. The van der Waals surface area contributed by atoms with Gasteiger partial charge in [0.25, 0.3) is 5.91 Å². The molecule has 0 bridgehead atoms. The van der Waals surface area contributed by atoms with Crippen molar-refractivity contribution in [1.82, 2.24) is 15.0 Å². The second-order valence-electron chi connectivity index (χ2n) is 6.28. The summed E-state index contributed by atoms with van der Waals surface area (Å²) in [5.41, 5.74) is 14.6. The van der Waals surface area contributed by atoms with E-state index in [4.69, 9.17) is 16.5 Å². The third-order valence-electron chi connectivity index (χ3n) is 4.29. The number of rotatable bonds is 5. The maximum absolute atomic E-state index is 11.8. The number of primary amides is 1. The third-order valence-corrected chi connectivity index (χ3v) is 5.92. The highest BCUT2D eigenvalue weighted by atomic mass is 79.9. The summed E-state index contributed by atoms with van der Waals surface area (Å²) in [6, 6.07) is 10.8. The molecule has 0 aliphatic rings. The van der Waals surface area contributed by atoms with Gasteiger partial charge in [0, 0.05) is 29.2 Å².